The molecule has 0 radical (unpaired) electrons. The van der Waals surface area contributed by atoms with E-state index in [0.717, 1.165) is 31.2 Å². The van der Waals surface area contributed by atoms with Gasteiger partial charge in [-0.15, -0.1) is 0 Å². The van der Waals surface area contributed by atoms with E-state index in [0.29, 0.717) is 30.0 Å². The molecular formula is C21H22FN5O2. The average Bonchev–Trinajstić information content (AvgIpc) is 3.29. The standard InChI is InChI=1S/C21H22FN5O2/c22-13-3-4-17-14(9-13)16-2-1-7-27(16)19(24)15-8-12(10-25-18(15)23)20(28)26-21(5-6-21)11-29-17/h3-4,8-10,16,24H,1-2,5-7,11H2,(H2,23,25)(H,26,28)/t16-/m1/s1. The number of pyridine rings is 1. The van der Waals surface area contributed by atoms with Crippen molar-refractivity contribution in [3.63, 3.8) is 0 Å². The average molecular weight is 395 g/mol. The molecule has 2 fully saturated rings. The molecule has 2 aromatic rings. The SMILES string of the molecule is N=C1c2cc(cnc2N)C(=O)NC2(CC2)COc2ccc(F)cc2[C@H]2CCCN12. The van der Waals surface area contributed by atoms with E-state index in [9.17, 15) is 9.18 Å². The van der Waals surface area contributed by atoms with Gasteiger partial charge >= 0.3 is 0 Å². The Kier molecular flexibility index (Phi) is 3.97. The molecule has 1 aromatic heterocycles. The summed E-state index contributed by atoms with van der Waals surface area (Å²) < 4.78 is 20.2. The summed E-state index contributed by atoms with van der Waals surface area (Å²) in [5.41, 5.74) is 7.12. The molecule has 29 heavy (non-hydrogen) atoms. The van der Waals surface area contributed by atoms with E-state index in [1.165, 1.54) is 18.3 Å². The molecule has 150 valence electrons. The molecular weight excluding hydrogens is 373 g/mol. The Hall–Kier alpha value is -3.16. The van der Waals surface area contributed by atoms with Gasteiger partial charge in [0, 0.05) is 18.3 Å². The van der Waals surface area contributed by atoms with E-state index in [1.807, 2.05) is 4.90 Å². The summed E-state index contributed by atoms with van der Waals surface area (Å²) in [5.74, 6) is 0.372. The van der Waals surface area contributed by atoms with E-state index < -0.39 is 5.54 Å². The number of ether oxygens (including phenoxy) is 1. The zero-order valence-corrected chi connectivity index (χ0v) is 15.9. The lowest BCUT2D eigenvalue weighted by Gasteiger charge is -2.29. The first-order valence-corrected chi connectivity index (χ1v) is 9.82. The number of carbonyl (C=O) groups is 1. The highest BCUT2D eigenvalue weighted by atomic mass is 19.1. The molecule has 5 rings (SSSR count). The van der Waals surface area contributed by atoms with Crippen LogP contribution in [0.4, 0.5) is 10.2 Å². The van der Waals surface area contributed by atoms with Crippen molar-refractivity contribution in [1.29, 1.82) is 5.41 Å². The minimum absolute atomic E-state index is 0.183. The molecule has 2 bridgehead atoms. The number of nitrogens with two attached hydrogens (primary N) is 1. The summed E-state index contributed by atoms with van der Waals surface area (Å²) in [6.07, 6.45) is 4.70. The van der Waals surface area contributed by atoms with E-state index >= 15 is 0 Å². The maximum Gasteiger partial charge on any atom is 0.253 e. The third-order valence-corrected chi connectivity index (χ3v) is 6.04. The minimum atomic E-state index is -0.429. The van der Waals surface area contributed by atoms with E-state index in [-0.39, 0.29) is 29.4 Å². The third-order valence-electron chi connectivity index (χ3n) is 6.04. The molecule has 1 saturated heterocycles. The molecule has 8 heteroatoms. The molecule has 3 heterocycles. The van der Waals surface area contributed by atoms with Crippen LogP contribution in [0.1, 0.15) is 53.2 Å². The van der Waals surface area contributed by atoms with Gasteiger partial charge in [-0.2, -0.15) is 0 Å². The largest absolute Gasteiger partial charge is 0.491 e. The van der Waals surface area contributed by atoms with Crippen LogP contribution >= 0.6 is 0 Å². The molecule has 0 unspecified atom stereocenters. The molecule has 1 saturated carbocycles. The van der Waals surface area contributed by atoms with Crippen LogP contribution in [0.15, 0.2) is 30.5 Å². The van der Waals surface area contributed by atoms with Crippen molar-refractivity contribution in [2.24, 2.45) is 0 Å². The van der Waals surface area contributed by atoms with Crippen LogP contribution in [-0.4, -0.2) is 40.3 Å². The van der Waals surface area contributed by atoms with Crippen LogP contribution < -0.4 is 15.8 Å². The van der Waals surface area contributed by atoms with Gasteiger partial charge in [0.2, 0.25) is 0 Å². The number of rotatable bonds is 0. The molecule has 7 nitrogen and oxygen atoms in total. The first-order chi connectivity index (χ1) is 14.0. The van der Waals surface area contributed by atoms with Crippen molar-refractivity contribution < 1.29 is 13.9 Å². The Morgan fingerprint density at radius 3 is 2.97 bits per heavy atom. The molecule has 1 spiro atoms. The molecule has 1 aromatic carbocycles. The number of hydrogen-bond acceptors (Lipinski definition) is 5. The molecule has 1 atom stereocenters. The number of fused-ring (bicyclic) bond motifs is 5. The van der Waals surface area contributed by atoms with Crippen LogP contribution in [0.25, 0.3) is 0 Å². The van der Waals surface area contributed by atoms with Gasteiger partial charge in [-0.1, -0.05) is 0 Å². The van der Waals surface area contributed by atoms with Gasteiger partial charge in [-0.3, -0.25) is 10.2 Å². The summed E-state index contributed by atoms with van der Waals surface area (Å²) in [6, 6.07) is 5.93. The Morgan fingerprint density at radius 2 is 2.17 bits per heavy atom. The van der Waals surface area contributed by atoms with Gasteiger partial charge in [-0.05, 0) is 49.9 Å². The Balaban J connectivity index is 1.64. The second-order valence-corrected chi connectivity index (χ2v) is 8.06. The number of benzene rings is 1. The summed E-state index contributed by atoms with van der Waals surface area (Å²) in [5, 5.41) is 11.8. The van der Waals surface area contributed by atoms with E-state index in [2.05, 4.69) is 10.3 Å². The first kappa shape index (κ1) is 17.9. The van der Waals surface area contributed by atoms with Gasteiger partial charge in [0.05, 0.1) is 22.7 Å². The van der Waals surface area contributed by atoms with Gasteiger partial charge in [0.25, 0.3) is 5.91 Å². The number of amidine groups is 1. The number of hydrogen-bond donors (Lipinski definition) is 3. The number of aromatic nitrogens is 1. The second-order valence-electron chi connectivity index (χ2n) is 8.06. The quantitative estimate of drug-likeness (QED) is 0.636. The topological polar surface area (TPSA) is 104 Å². The van der Waals surface area contributed by atoms with Crippen molar-refractivity contribution in [3.8, 4) is 5.75 Å². The molecule has 1 aliphatic carbocycles. The van der Waals surface area contributed by atoms with Crippen molar-refractivity contribution in [3.05, 3.63) is 53.0 Å². The monoisotopic (exact) mass is 395 g/mol. The Morgan fingerprint density at radius 1 is 1.34 bits per heavy atom. The molecule has 3 aliphatic rings. The summed E-state index contributed by atoms with van der Waals surface area (Å²) in [7, 11) is 0. The van der Waals surface area contributed by atoms with Gasteiger partial charge in [0.15, 0.2) is 0 Å². The number of halogens is 1. The smallest absolute Gasteiger partial charge is 0.253 e. The normalized spacial score (nSPS) is 22.5. The van der Waals surface area contributed by atoms with Gasteiger partial charge < -0.3 is 20.7 Å². The van der Waals surface area contributed by atoms with E-state index in [1.54, 1.807) is 12.1 Å². The Labute approximate surface area is 167 Å². The zero-order chi connectivity index (χ0) is 20.2. The Bertz CT molecular complexity index is 1020. The fourth-order valence-corrected chi connectivity index (χ4v) is 4.20. The third kappa shape index (κ3) is 3.08. The summed E-state index contributed by atoms with van der Waals surface area (Å²) in [4.78, 5) is 18.8. The maximum absolute atomic E-state index is 14.1. The fraction of sp³-hybridized carbons (Fsp3) is 0.381. The number of anilines is 1. The van der Waals surface area contributed by atoms with Crippen molar-refractivity contribution in [2.75, 3.05) is 18.9 Å². The zero-order valence-electron chi connectivity index (χ0n) is 15.9. The van der Waals surface area contributed by atoms with Crippen molar-refractivity contribution in [2.45, 2.75) is 37.3 Å². The highest BCUT2D eigenvalue weighted by molar-refractivity contribution is 6.04. The van der Waals surface area contributed by atoms with Crippen LogP contribution in [0.3, 0.4) is 0 Å². The van der Waals surface area contributed by atoms with Crippen LogP contribution in [0.2, 0.25) is 0 Å². The number of nitrogens with zero attached hydrogens (tertiary/aromatic N) is 2. The maximum atomic E-state index is 14.1. The summed E-state index contributed by atoms with van der Waals surface area (Å²) >= 11 is 0. The number of nitrogens with one attached hydrogen (secondary N) is 2. The highest BCUT2D eigenvalue weighted by Crippen LogP contribution is 2.41. The van der Waals surface area contributed by atoms with Crippen molar-refractivity contribution >= 4 is 17.6 Å². The van der Waals surface area contributed by atoms with Gasteiger partial charge in [0.1, 0.15) is 29.8 Å². The predicted octanol–water partition coefficient (Wildman–Crippen LogP) is 2.62. The van der Waals surface area contributed by atoms with Crippen molar-refractivity contribution in [1.82, 2.24) is 15.2 Å². The van der Waals surface area contributed by atoms with Gasteiger partial charge in [-0.25, -0.2) is 9.37 Å². The minimum Gasteiger partial charge on any atom is -0.491 e. The number of carbonyl (C=O) groups excluding carboxylic acids is 1. The molecule has 1 amide bonds. The molecule has 2 aliphatic heterocycles. The number of amides is 1. The van der Waals surface area contributed by atoms with E-state index in [4.69, 9.17) is 15.9 Å². The lowest BCUT2D eigenvalue weighted by Crippen LogP contribution is -2.41. The van der Waals surface area contributed by atoms with Crippen LogP contribution in [0.5, 0.6) is 5.75 Å². The van der Waals surface area contributed by atoms with Crippen LogP contribution in [-0.2, 0) is 0 Å². The lowest BCUT2D eigenvalue weighted by molar-refractivity contribution is 0.0912. The predicted molar refractivity (Wildman–Crippen MR) is 105 cm³/mol. The first-order valence-electron chi connectivity index (χ1n) is 9.82. The summed E-state index contributed by atoms with van der Waals surface area (Å²) in [6.45, 7) is 0.954. The second kappa shape index (κ2) is 6.43. The highest BCUT2D eigenvalue weighted by Gasteiger charge is 2.46. The fourth-order valence-electron chi connectivity index (χ4n) is 4.20. The lowest BCUT2D eigenvalue weighted by atomic mass is 10.0. The number of nitrogen functional groups attached to an aromatic ring is 1. The van der Waals surface area contributed by atoms with Crippen LogP contribution in [0, 0.1) is 11.2 Å². The molecule has 4 N–H and O–H groups in total.